The highest BCUT2D eigenvalue weighted by Gasteiger charge is 2.20. The summed E-state index contributed by atoms with van der Waals surface area (Å²) in [6, 6.07) is 109. The maximum atomic E-state index is 5.17. The van der Waals surface area contributed by atoms with Crippen molar-refractivity contribution in [2.45, 2.75) is 0 Å². The largest absolute Gasteiger partial charge is 0.309 e. The smallest absolute Gasteiger partial charge is 0.0709 e. The second kappa shape index (κ2) is 20.3. The molecule has 0 saturated heterocycles. The van der Waals surface area contributed by atoms with Crippen LogP contribution in [-0.4, -0.2) is 19.1 Å². The van der Waals surface area contributed by atoms with Gasteiger partial charge in [0.15, 0.2) is 0 Å². The molecule has 4 nitrogen and oxygen atoms in total. The molecule has 0 amide bonds. The summed E-state index contributed by atoms with van der Waals surface area (Å²) in [6.45, 7) is 0. The van der Waals surface area contributed by atoms with Crippen LogP contribution in [0.2, 0.25) is 0 Å². The van der Waals surface area contributed by atoms with Gasteiger partial charge in [0.25, 0.3) is 0 Å². The van der Waals surface area contributed by atoms with Crippen LogP contribution < -0.4 is 0 Å². The van der Waals surface area contributed by atoms with Gasteiger partial charge >= 0.3 is 0 Å². The van der Waals surface area contributed by atoms with Crippen molar-refractivity contribution in [1.82, 2.24) is 19.1 Å². The van der Waals surface area contributed by atoms with E-state index in [1.807, 2.05) is 34.9 Å². The first-order valence-corrected chi connectivity index (χ1v) is 31.5. The number of benzene rings is 12. The summed E-state index contributed by atoms with van der Waals surface area (Å²) in [5.41, 5.74) is 22.6. The lowest BCUT2D eigenvalue weighted by Crippen LogP contribution is -1.94. The molecule has 0 N–H and O–H groups in total. The Morgan fingerprint density at radius 2 is 0.716 bits per heavy atom. The number of hydrogen-bond acceptors (Lipinski definition) is 4. The fourth-order valence-corrected chi connectivity index (χ4v) is 15.8. The molecule has 0 fully saturated rings. The highest BCUT2D eigenvalue weighted by molar-refractivity contribution is 7.26. The van der Waals surface area contributed by atoms with E-state index in [-0.39, 0.29) is 0 Å². The van der Waals surface area contributed by atoms with Crippen LogP contribution in [0.5, 0.6) is 0 Å². The minimum absolute atomic E-state index is 0.940. The summed E-state index contributed by atoms with van der Waals surface area (Å²) in [7, 11) is 0. The molecule has 88 heavy (non-hydrogen) atoms. The fourth-order valence-electron chi connectivity index (χ4n) is 13.5. The first-order chi connectivity index (χ1) is 43.6. The molecule has 0 saturated carbocycles. The Morgan fingerprint density at radius 1 is 0.239 bits per heavy atom. The molecule has 6 heterocycles. The molecule has 0 atom stereocenters. The van der Waals surface area contributed by atoms with Crippen LogP contribution in [0.3, 0.4) is 0 Å². The minimum Gasteiger partial charge on any atom is -0.309 e. The number of pyridine rings is 2. The molecule has 0 bridgehead atoms. The third-order valence-corrected chi connectivity index (χ3v) is 20.2. The average Bonchev–Trinajstić information content (AvgIpc) is 1.67. The van der Waals surface area contributed by atoms with E-state index in [0.29, 0.717) is 0 Å². The van der Waals surface area contributed by atoms with Gasteiger partial charge in [-0.3, -0.25) is 4.98 Å². The molecule has 0 aliphatic carbocycles. The maximum Gasteiger partial charge on any atom is 0.0709 e. The van der Waals surface area contributed by atoms with Gasteiger partial charge in [-0.15, -0.1) is 22.7 Å². The van der Waals surface area contributed by atoms with Crippen molar-refractivity contribution in [3.63, 3.8) is 0 Å². The highest BCUT2D eigenvalue weighted by atomic mass is 32.1. The molecule has 0 spiro atoms. The van der Waals surface area contributed by atoms with Gasteiger partial charge in [-0.25, -0.2) is 4.98 Å². The van der Waals surface area contributed by atoms with Crippen LogP contribution in [0.25, 0.3) is 174 Å². The Bertz CT molecular complexity index is 5790. The van der Waals surface area contributed by atoms with Crippen molar-refractivity contribution in [3.8, 4) is 89.7 Å². The predicted octanol–water partition coefficient (Wildman–Crippen LogP) is 23.1. The van der Waals surface area contributed by atoms with E-state index in [2.05, 4.69) is 300 Å². The van der Waals surface area contributed by atoms with Crippen molar-refractivity contribution in [3.05, 3.63) is 303 Å². The van der Waals surface area contributed by atoms with Crippen LogP contribution in [0, 0.1) is 0 Å². The van der Waals surface area contributed by atoms with Crippen molar-refractivity contribution in [1.29, 1.82) is 0 Å². The van der Waals surface area contributed by atoms with Gasteiger partial charge in [0, 0.05) is 96.2 Å². The normalized spacial score (nSPS) is 11.9. The van der Waals surface area contributed by atoms with Crippen LogP contribution in [0.15, 0.2) is 303 Å². The van der Waals surface area contributed by atoms with E-state index >= 15 is 0 Å². The second-order valence-electron chi connectivity index (χ2n) is 22.9. The first kappa shape index (κ1) is 50.3. The fraction of sp³-hybridized carbons (Fsp3) is 0. The number of nitrogens with zero attached hydrogens (tertiary/aromatic N) is 4. The zero-order valence-electron chi connectivity index (χ0n) is 47.5. The van der Waals surface area contributed by atoms with Crippen LogP contribution in [0.1, 0.15) is 0 Å². The number of hydrogen-bond donors (Lipinski definition) is 0. The monoisotopic (exact) mass is 1150 g/mol. The van der Waals surface area contributed by atoms with Crippen LogP contribution >= 0.6 is 22.7 Å². The molecule has 18 aromatic rings. The molecular formula is C82H50N4S2. The van der Waals surface area contributed by atoms with E-state index in [1.165, 1.54) is 112 Å². The molecule has 0 aliphatic heterocycles. The lowest BCUT2D eigenvalue weighted by atomic mass is 9.98. The Kier molecular flexibility index (Phi) is 11.6. The molecule has 0 radical (unpaired) electrons. The van der Waals surface area contributed by atoms with Crippen LogP contribution in [-0.2, 0) is 0 Å². The predicted molar refractivity (Wildman–Crippen MR) is 375 cm³/mol. The van der Waals surface area contributed by atoms with E-state index in [1.54, 1.807) is 0 Å². The molecule has 6 aromatic heterocycles. The quantitative estimate of drug-likeness (QED) is 0.144. The zero-order chi connectivity index (χ0) is 57.8. The van der Waals surface area contributed by atoms with Gasteiger partial charge in [-0.1, -0.05) is 194 Å². The molecule has 410 valence electrons. The van der Waals surface area contributed by atoms with Crippen molar-refractivity contribution in [2.75, 3.05) is 0 Å². The summed E-state index contributed by atoms with van der Waals surface area (Å²) >= 11 is 3.73. The standard InChI is InChI=1S/C82H50N4S2/c1-4-14-51(15-5-1)56-30-36-64-68-44-59(73-24-13-23-72(84-73)55-18-8-3-9-19-55)32-38-75(68)86(77(64)47-56)62-35-41-81-71(50-62)67-22-12-21-63(82(67)88-81)54-28-26-53(27-29-54)58-42-43-83-74(46-58)60-33-39-76-69(45-60)65-37-31-57(52-16-6-2-7-17-52)48-78(65)85(76)61-34-40-80-70(49-61)66-20-10-11-25-79(66)87-80/h1-50H. The SMILES string of the molecule is c1ccc(-c2ccc3c4cc(-c5cc(-c6ccc(-c7cccc8c7sc7ccc(-n9c%10ccc(-c%11cccc(-c%12ccccc%12)n%11)cc%10c%10ccc(-c%11ccccc%11)cc%109)cc78)cc6)ccn5)ccc4n(-c4ccc5sc6ccccc6c5c4)c3c2)cc1. The Morgan fingerprint density at radius 3 is 1.36 bits per heavy atom. The Labute approximate surface area is 515 Å². The second-order valence-corrected chi connectivity index (χ2v) is 25.0. The number of rotatable bonds is 9. The topological polar surface area (TPSA) is 35.6 Å². The highest BCUT2D eigenvalue weighted by Crippen LogP contribution is 2.45. The van der Waals surface area contributed by atoms with Crippen LogP contribution in [0.4, 0.5) is 0 Å². The molecule has 6 heteroatoms. The van der Waals surface area contributed by atoms with E-state index in [9.17, 15) is 0 Å². The number of thiophene rings is 2. The van der Waals surface area contributed by atoms with E-state index in [0.717, 1.165) is 61.8 Å². The van der Waals surface area contributed by atoms with Gasteiger partial charge in [0.1, 0.15) is 0 Å². The summed E-state index contributed by atoms with van der Waals surface area (Å²) in [4.78, 5) is 10.2. The molecule has 12 aromatic carbocycles. The maximum absolute atomic E-state index is 5.17. The molecule has 18 rings (SSSR count). The van der Waals surface area contributed by atoms with Gasteiger partial charge in [-0.05, 0) is 148 Å². The Balaban J connectivity index is 0.691. The molecule has 0 unspecified atom stereocenters. The third-order valence-electron chi connectivity index (χ3n) is 17.8. The molecular weight excluding hydrogens is 1110 g/mol. The number of aromatic nitrogens is 4. The van der Waals surface area contributed by atoms with Crippen molar-refractivity contribution in [2.24, 2.45) is 0 Å². The van der Waals surface area contributed by atoms with Gasteiger partial charge in [-0.2, -0.15) is 0 Å². The van der Waals surface area contributed by atoms with Crippen molar-refractivity contribution >= 4 is 107 Å². The lowest BCUT2D eigenvalue weighted by Gasteiger charge is -2.10. The van der Waals surface area contributed by atoms with Crippen molar-refractivity contribution < 1.29 is 0 Å². The van der Waals surface area contributed by atoms with Gasteiger partial charge < -0.3 is 9.13 Å². The minimum atomic E-state index is 0.940. The van der Waals surface area contributed by atoms with Gasteiger partial charge in [0.2, 0.25) is 0 Å². The summed E-state index contributed by atoms with van der Waals surface area (Å²) < 4.78 is 10.1. The lowest BCUT2D eigenvalue weighted by molar-refractivity contribution is 1.19. The van der Waals surface area contributed by atoms with Gasteiger partial charge in [0.05, 0.1) is 39.1 Å². The molecule has 0 aliphatic rings. The summed E-state index contributed by atoms with van der Waals surface area (Å²) in [5, 5.41) is 9.90. The summed E-state index contributed by atoms with van der Waals surface area (Å²) in [5.74, 6) is 0. The average molecular weight is 1160 g/mol. The number of fused-ring (bicyclic) bond motifs is 12. The first-order valence-electron chi connectivity index (χ1n) is 29.8. The Hall–Kier alpha value is -11.0. The van der Waals surface area contributed by atoms with E-state index in [4.69, 9.17) is 9.97 Å². The van der Waals surface area contributed by atoms with E-state index < -0.39 is 0 Å². The summed E-state index contributed by atoms with van der Waals surface area (Å²) in [6.07, 6.45) is 1.95. The zero-order valence-corrected chi connectivity index (χ0v) is 49.1. The third kappa shape index (κ3) is 8.33.